The van der Waals surface area contributed by atoms with E-state index in [2.05, 4.69) is 5.32 Å². The minimum absolute atomic E-state index is 0.0252. The Hall–Kier alpha value is -1.04. The zero-order chi connectivity index (χ0) is 14.0. The molecule has 5 heteroatoms. The van der Waals surface area contributed by atoms with Crippen molar-refractivity contribution in [3.05, 3.63) is 35.4 Å². The molecule has 0 amide bonds. The van der Waals surface area contributed by atoms with E-state index in [1.165, 1.54) is 6.07 Å². The second kappa shape index (κ2) is 5.53. The lowest BCUT2D eigenvalue weighted by molar-refractivity contribution is -0.137. The molecule has 1 aliphatic heterocycles. The van der Waals surface area contributed by atoms with Crippen molar-refractivity contribution in [2.24, 2.45) is 0 Å². The topological polar surface area (TPSA) is 30.5 Å². The molecule has 0 aliphatic carbocycles. The molecule has 2 rings (SSSR count). The summed E-state index contributed by atoms with van der Waals surface area (Å²) in [7, 11) is 0. The Bertz CT molecular complexity index is 451. The monoisotopic (exact) mass is 271 g/mol. The minimum atomic E-state index is -0.828. The van der Waals surface area contributed by atoms with Crippen molar-refractivity contribution in [3.8, 4) is 0 Å². The number of halogens is 2. The van der Waals surface area contributed by atoms with Gasteiger partial charge < -0.3 is 14.8 Å². The Morgan fingerprint density at radius 3 is 2.68 bits per heavy atom. The summed E-state index contributed by atoms with van der Waals surface area (Å²) in [4.78, 5) is 0. The van der Waals surface area contributed by atoms with E-state index in [4.69, 9.17) is 9.47 Å². The third-order valence-electron chi connectivity index (χ3n) is 3.16. The van der Waals surface area contributed by atoms with Crippen LogP contribution < -0.4 is 5.32 Å². The van der Waals surface area contributed by atoms with E-state index in [0.717, 1.165) is 6.07 Å². The first-order chi connectivity index (χ1) is 8.87. The van der Waals surface area contributed by atoms with E-state index >= 15 is 0 Å². The zero-order valence-electron chi connectivity index (χ0n) is 11.4. The van der Waals surface area contributed by atoms with Gasteiger partial charge in [-0.05, 0) is 38.5 Å². The van der Waals surface area contributed by atoms with E-state index in [1.54, 1.807) is 6.07 Å². The van der Waals surface area contributed by atoms with Gasteiger partial charge in [0.05, 0.1) is 12.7 Å². The molecule has 0 bridgehead atoms. The molecule has 0 radical (unpaired) electrons. The molecule has 3 nitrogen and oxygen atoms in total. The fourth-order valence-corrected chi connectivity index (χ4v) is 2.07. The SMILES string of the molecule is CC(NCC1COC(C)(C)O1)c1ccc(F)c(F)c1. The Morgan fingerprint density at radius 2 is 2.11 bits per heavy atom. The lowest BCUT2D eigenvalue weighted by Gasteiger charge is -2.19. The van der Waals surface area contributed by atoms with Gasteiger partial charge in [0.1, 0.15) is 0 Å². The minimum Gasteiger partial charge on any atom is -0.348 e. The summed E-state index contributed by atoms with van der Waals surface area (Å²) < 4.78 is 37.1. The first-order valence-corrected chi connectivity index (χ1v) is 6.37. The molecule has 1 fully saturated rings. The summed E-state index contributed by atoms with van der Waals surface area (Å²) in [5.41, 5.74) is 0.706. The summed E-state index contributed by atoms with van der Waals surface area (Å²) in [5.74, 6) is -2.20. The number of rotatable bonds is 4. The average Bonchev–Trinajstić information content (AvgIpc) is 2.69. The van der Waals surface area contributed by atoms with Gasteiger partial charge in [0.25, 0.3) is 0 Å². The maximum atomic E-state index is 13.1. The number of hydrogen-bond donors (Lipinski definition) is 1. The molecule has 106 valence electrons. The molecule has 0 aromatic heterocycles. The van der Waals surface area contributed by atoms with Crippen LogP contribution in [0.2, 0.25) is 0 Å². The van der Waals surface area contributed by atoms with Crippen LogP contribution in [0.1, 0.15) is 32.4 Å². The molecule has 1 aromatic carbocycles. The van der Waals surface area contributed by atoms with Crippen molar-refractivity contribution in [2.75, 3.05) is 13.2 Å². The summed E-state index contributed by atoms with van der Waals surface area (Å²) in [5, 5.41) is 3.23. The van der Waals surface area contributed by atoms with Gasteiger partial charge in [0.15, 0.2) is 17.4 Å². The van der Waals surface area contributed by atoms with Crippen molar-refractivity contribution in [2.45, 2.75) is 38.7 Å². The predicted molar refractivity (Wildman–Crippen MR) is 67.7 cm³/mol. The highest BCUT2D eigenvalue weighted by atomic mass is 19.2. The lowest BCUT2D eigenvalue weighted by atomic mass is 10.1. The molecule has 0 saturated carbocycles. The van der Waals surface area contributed by atoms with Crippen molar-refractivity contribution in [1.82, 2.24) is 5.32 Å². The Balaban J connectivity index is 1.87. The highest BCUT2D eigenvalue weighted by molar-refractivity contribution is 5.20. The zero-order valence-corrected chi connectivity index (χ0v) is 11.4. The van der Waals surface area contributed by atoms with Crippen LogP contribution in [0.4, 0.5) is 8.78 Å². The molecule has 1 saturated heterocycles. The maximum absolute atomic E-state index is 13.1. The average molecular weight is 271 g/mol. The number of benzene rings is 1. The van der Waals surface area contributed by atoms with E-state index in [-0.39, 0.29) is 12.1 Å². The quantitative estimate of drug-likeness (QED) is 0.913. The normalized spacial score (nSPS) is 23.5. The van der Waals surface area contributed by atoms with Gasteiger partial charge in [-0.3, -0.25) is 0 Å². The lowest BCUT2D eigenvalue weighted by Crippen LogP contribution is -2.32. The van der Waals surface area contributed by atoms with Crippen molar-refractivity contribution in [1.29, 1.82) is 0 Å². The predicted octanol–water partition coefficient (Wildman–Crippen LogP) is 2.77. The van der Waals surface area contributed by atoms with E-state index in [0.29, 0.717) is 18.7 Å². The summed E-state index contributed by atoms with van der Waals surface area (Å²) >= 11 is 0. The van der Waals surface area contributed by atoms with Crippen LogP contribution in [0, 0.1) is 11.6 Å². The molecule has 1 aromatic rings. The van der Waals surface area contributed by atoms with Gasteiger partial charge in [-0.1, -0.05) is 6.07 Å². The fraction of sp³-hybridized carbons (Fsp3) is 0.571. The van der Waals surface area contributed by atoms with Crippen LogP contribution in [0.25, 0.3) is 0 Å². The standard InChI is InChI=1S/C14H19F2NO2/c1-9(10-4-5-12(15)13(16)6-10)17-7-11-8-18-14(2,3)19-11/h4-6,9,11,17H,7-8H2,1-3H3. The molecule has 1 N–H and O–H groups in total. The van der Waals surface area contributed by atoms with Gasteiger partial charge in [-0.25, -0.2) is 8.78 Å². The van der Waals surface area contributed by atoms with Gasteiger partial charge in [0.2, 0.25) is 0 Å². The number of nitrogens with one attached hydrogen (secondary N) is 1. The van der Waals surface area contributed by atoms with Gasteiger partial charge in [0, 0.05) is 12.6 Å². The van der Waals surface area contributed by atoms with Crippen LogP contribution in [-0.2, 0) is 9.47 Å². The third-order valence-corrected chi connectivity index (χ3v) is 3.16. The maximum Gasteiger partial charge on any atom is 0.163 e. The second-order valence-corrected chi connectivity index (χ2v) is 5.25. The van der Waals surface area contributed by atoms with Crippen LogP contribution >= 0.6 is 0 Å². The van der Waals surface area contributed by atoms with Crippen LogP contribution in [-0.4, -0.2) is 25.0 Å². The highest BCUT2D eigenvalue weighted by Crippen LogP contribution is 2.22. The molecule has 2 unspecified atom stereocenters. The number of ether oxygens (including phenoxy) is 2. The van der Waals surface area contributed by atoms with Crippen LogP contribution in [0.15, 0.2) is 18.2 Å². The summed E-state index contributed by atoms with van der Waals surface area (Å²) in [6.45, 7) is 6.76. The third kappa shape index (κ3) is 3.72. The first kappa shape index (κ1) is 14.4. The molecule has 1 aliphatic rings. The first-order valence-electron chi connectivity index (χ1n) is 6.37. The molecule has 19 heavy (non-hydrogen) atoms. The fourth-order valence-electron chi connectivity index (χ4n) is 2.07. The number of hydrogen-bond acceptors (Lipinski definition) is 3. The van der Waals surface area contributed by atoms with Crippen LogP contribution in [0.3, 0.4) is 0 Å². The summed E-state index contributed by atoms with van der Waals surface area (Å²) in [6.07, 6.45) is -0.0252. The molecule has 2 atom stereocenters. The smallest absolute Gasteiger partial charge is 0.163 e. The molecular formula is C14H19F2NO2. The molecule has 1 heterocycles. The van der Waals surface area contributed by atoms with Gasteiger partial charge >= 0.3 is 0 Å². The Kier molecular flexibility index (Phi) is 4.18. The summed E-state index contributed by atoms with van der Waals surface area (Å²) in [6, 6.07) is 3.85. The Morgan fingerprint density at radius 1 is 1.37 bits per heavy atom. The van der Waals surface area contributed by atoms with Crippen molar-refractivity contribution in [3.63, 3.8) is 0 Å². The largest absolute Gasteiger partial charge is 0.348 e. The highest BCUT2D eigenvalue weighted by Gasteiger charge is 2.32. The Labute approximate surface area is 111 Å². The van der Waals surface area contributed by atoms with Gasteiger partial charge in [-0.2, -0.15) is 0 Å². The van der Waals surface area contributed by atoms with Crippen molar-refractivity contribution < 1.29 is 18.3 Å². The van der Waals surface area contributed by atoms with E-state index in [9.17, 15) is 8.78 Å². The van der Waals surface area contributed by atoms with Crippen LogP contribution in [0.5, 0.6) is 0 Å². The van der Waals surface area contributed by atoms with E-state index < -0.39 is 17.4 Å². The molecule has 0 spiro atoms. The van der Waals surface area contributed by atoms with E-state index in [1.807, 2.05) is 20.8 Å². The molecular weight excluding hydrogens is 252 g/mol. The van der Waals surface area contributed by atoms with Gasteiger partial charge in [-0.15, -0.1) is 0 Å². The van der Waals surface area contributed by atoms with Crippen molar-refractivity contribution >= 4 is 0 Å². The second-order valence-electron chi connectivity index (χ2n) is 5.25.